The fourth-order valence-electron chi connectivity index (χ4n) is 4.82. The van der Waals surface area contributed by atoms with E-state index < -0.39 is 0 Å². The first-order valence-electron chi connectivity index (χ1n) is 13.1. The summed E-state index contributed by atoms with van der Waals surface area (Å²) in [6.07, 6.45) is 7.28. The van der Waals surface area contributed by atoms with Crippen molar-refractivity contribution < 1.29 is 4.79 Å². The smallest absolute Gasteiger partial charge is 0.181 e. The van der Waals surface area contributed by atoms with Crippen molar-refractivity contribution in [3.8, 4) is 33.2 Å². The van der Waals surface area contributed by atoms with Gasteiger partial charge in [-0.3, -0.25) is 19.9 Å². The van der Waals surface area contributed by atoms with Gasteiger partial charge in [0, 0.05) is 49.0 Å². The molecule has 7 rings (SSSR count). The van der Waals surface area contributed by atoms with Gasteiger partial charge in [-0.1, -0.05) is 30.3 Å². The van der Waals surface area contributed by atoms with Crippen LogP contribution in [0.1, 0.15) is 27.7 Å². The van der Waals surface area contributed by atoms with Gasteiger partial charge < -0.3 is 10.3 Å². The molecule has 0 saturated heterocycles. The molecule has 10 heteroatoms. The van der Waals surface area contributed by atoms with Crippen molar-refractivity contribution in [1.82, 2.24) is 40.4 Å². The third kappa shape index (κ3) is 4.90. The van der Waals surface area contributed by atoms with Gasteiger partial charge >= 0.3 is 0 Å². The molecule has 0 bridgehead atoms. The second-order valence-electron chi connectivity index (χ2n) is 9.73. The lowest BCUT2D eigenvalue weighted by molar-refractivity contribution is 0.102. The van der Waals surface area contributed by atoms with Gasteiger partial charge in [0.05, 0.1) is 20.7 Å². The topological polar surface area (TPSA) is 125 Å². The van der Waals surface area contributed by atoms with Gasteiger partial charge in [-0.25, -0.2) is 9.97 Å². The van der Waals surface area contributed by atoms with Crippen LogP contribution in [0.15, 0.2) is 85.5 Å². The first-order chi connectivity index (χ1) is 20.1. The van der Waals surface area contributed by atoms with Crippen molar-refractivity contribution >= 4 is 39.2 Å². The van der Waals surface area contributed by atoms with Crippen molar-refractivity contribution in [1.29, 1.82) is 0 Å². The lowest BCUT2D eigenvalue weighted by Gasteiger charge is -2.07. The maximum absolute atomic E-state index is 11.8. The predicted molar refractivity (Wildman–Crippen MR) is 160 cm³/mol. The summed E-state index contributed by atoms with van der Waals surface area (Å²) in [6, 6.07) is 20.1. The Morgan fingerprint density at radius 3 is 2.63 bits per heavy atom. The van der Waals surface area contributed by atoms with Gasteiger partial charge in [0.15, 0.2) is 17.3 Å². The number of Topliss-reactive ketones (excluding diaryl/α,β-unsaturated/α-hetero) is 1. The molecule has 0 aliphatic heterocycles. The maximum Gasteiger partial charge on any atom is 0.181 e. The zero-order valence-electron chi connectivity index (χ0n) is 22.0. The fraction of sp³-hybridized carbons (Fsp3) is 0.0968. The minimum atomic E-state index is 0.0348. The van der Waals surface area contributed by atoms with E-state index in [1.54, 1.807) is 13.1 Å². The number of carbonyl (C=O) groups is 1. The van der Waals surface area contributed by atoms with Crippen LogP contribution in [0.3, 0.4) is 0 Å². The number of benzene rings is 1. The highest BCUT2D eigenvalue weighted by atomic mass is 32.1. The van der Waals surface area contributed by atoms with Crippen molar-refractivity contribution in [2.24, 2.45) is 0 Å². The van der Waals surface area contributed by atoms with Crippen LogP contribution in [0.5, 0.6) is 0 Å². The Bertz CT molecular complexity index is 2020. The van der Waals surface area contributed by atoms with Crippen molar-refractivity contribution in [3.63, 3.8) is 0 Å². The number of fused-ring (bicyclic) bond motifs is 2. The Morgan fingerprint density at radius 1 is 0.927 bits per heavy atom. The molecule has 0 saturated carbocycles. The number of nitrogens with one attached hydrogen (secondary N) is 3. The van der Waals surface area contributed by atoms with Crippen LogP contribution in [-0.2, 0) is 13.1 Å². The van der Waals surface area contributed by atoms with Crippen LogP contribution in [0.25, 0.3) is 55.3 Å². The molecule has 7 aromatic rings. The standard InChI is InChI=1S/C31H24N8OS/c1-18(40)25-7-8-26(41-25)29-28-24(9-10-34-29)36-31(37-28)27-23-12-22(17-35-30(23)39-38-27)21-11-20(15-33-16-21)14-32-13-19-5-3-2-4-6-19/h2-12,15-17,32H,13-14H2,1H3,(H,36,37)(H,35,38,39). The monoisotopic (exact) mass is 556 g/mol. The minimum Gasteiger partial charge on any atom is -0.337 e. The molecule has 0 fully saturated rings. The number of pyridine rings is 3. The molecule has 9 nitrogen and oxygen atoms in total. The molecular formula is C31H24N8OS. The molecule has 3 N–H and O–H groups in total. The van der Waals surface area contributed by atoms with E-state index in [-0.39, 0.29) is 5.78 Å². The average molecular weight is 557 g/mol. The summed E-state index contributed by atoms with van der Waals surface area (Å²) >= 11 is 1.42. The largest absolute Gasteiger partial charge is 0.337 e. The molecule has 0 spiro atoms. The second-order valence-corrected chi connectivity index (χ2v) is 10.8. The lowest BCUT2D eigenvalue weighted by Crippen LogP contribution is -2.12. The molecular weight excluding hydrogens is 532 g/mol. The van der Waals surface area contributed by atoms with Gasteiger partial charge in [-0.15, -0.1) is 11.3 Å². The zero-order chi connectivity index (χ0) is 27.8. The van der Waals surface area contributed by atoms with Crippen LogP contribution in [0.4, 0.5) is 0 Å². The summed E-state index contributed by atoms with van der Waals surface area (Å²) in [5, 5.41) is 11.9. The van der Waals surface area contributed by atoms with Crippen molar-refractivity contribution in [2.75, 3.05) is 0 Å². The third-order valence-electron chi connectivity index (χ3n) is 6.86. The summed E-state index contributed by atoms with van der Waals surface area (Å²) < 4.78 is 0. The molecule has 0 unspecified atom stereocenters. The normalized spacial score (nSPS) is 11.4. The molecule has 200 valence electrons. The van der Waals surface area contributed by atoms with E-state index in [2.05, 4.69) is 59.7 Å². The van der Waals surface area contributed by atoms with Crippen LogP contribution in [0.2, 0.25) is 0 Å². The molecule has 0 aliphatic rings. The van der Waals surface area contributed by atoms with Crippen LogP contribution in [-0.4, -0.2) is 40.9 Å². The number of aromatic amines is 2. The molecule has 0 amide bonds. The number of thiophene rings is 1. The first kappa shape index (κ1) is 24.9. The highest BCUT2D eigenvalue weighted by molar-refractivity contribution is 7.17. The Labute approximate surface area is 238 Å². The third-order valence-corrected chi connectivity index (χ3v) is 8.06. The SMILES string of the molecule is CC(=O)c1ccc(-c2nccc3[nH]c(-c4[nH]nc5ncc(-c6cncc(CNCc7ccccc7)c6)cc45)nc23)s1. The number of rotatable bonds is 8. The Morgan fingerprint density at radius 2 is 1.78 bits per heavy atom. The van der Waals surface area contributed by atoms with E-state index in [9.17, 15) is 4.79 Å². The summed E-state index contributed by atoms with van der Waals surface area (Å²) in [5.41, 5.74) is 7.87. The average Bonchev–Trinajstić information content (AvgIpc) is 3.76. The highest BCUT2D eigenvalue weighted by Crippen LogP contribution is 2.34. The highest BCUT2D eigenvalue weighted by Gasteiger charge is 2.18. The van der Waals surface area contributed by atoms with E-state index >= 15 is 0 Å². The lowest BCUT2D eigenvalue weighted by atomic mass is 10.1. The first-order valence-corrected chi connectivity index (χ1v) is 13.9. The number of aromatic nitrogens is 7. The number of imidazole rings is 1. The second kappa shape index (κ2) is 10.5. The zero-order valence-corrected chi connectivity index (χ0v) is 22.9. The molecule has 6 heterocycles. The predicted octanol–water partition coefficient (Wildman–Crippen LogP) is 6.18. The number of H-pyrrole nitrogens is 2. The van der Waals surface area contributed by atoms with Gasteiger partial charge in [-0.2, -0.15) is 5.10 Å². The van der Waals surface area contributed by atoms with Gasteiger partial charge in [-0.05, 0) is 48.4 Å². The van der Waals surface area contributed by atoms with Gasteiger partial charge in [0.25, 0.3) is 0 Å². The molecule has 1 aromatic carbocycles. The van der Waals surface area contributed by atoms with E-state index in [1.165, 1.54) is 16.9 Å². The molecule has 6 aromatic heterocycles. The summed E-state index contributed by atoms with van der Waals surface area (Å²) in [6.45, 7) is 3.06. The number of ketones is 1. The molecule has 41 heavy (non-hydrogen) atoms. The van der Waals surface area contributed by atoms with Gasteiger partial charge in [0.2, 0.25) is 0 Å². The number of carbonyl (C=O) groups excluding carboxylic acids is 1. The van der Waals surface area contributed by atoms with Crippen molar-refractivity contribution in [3.05, 3.63) is 101 Å². The Balaban J connectivity index is 1.19. The summed E-state index contributed by atoms with van der Waals surface area (Å²) in [5.74, 6) is 0.670. The summed E-state index contributed by atoms with van der Waals surface area (Å²) in [7, 11) is 0. The van der Waals surface area contributed by atoms with E-state index in [1.807, 2.05) is 55.0 Å². The summed E-state index contributed by atoms with van der Waals surface area (Å²) in [4.78, 5) is 35.4. The maximum atomic E-state index is 11.8. The van der Waals surface area contributed by atoms with Gasteiger partial charge in [0.1, 0.15) is 16.9 Å². The van der Waals surface area contributed by atoms with E-state index in [4.69, 9.17) is 4.98 Å². The van der Waals surface area contributed by atoms with Crippen LogP contribution >= 0.6 is 11.3 Å². The van der Waals surface area contributed by atoms with E-state index in [0.29, 0.717) is 22.9 Å². The quantitative estimate of drug-likeness (QED) is 0.191. The minimum absolute atomic E-state index is 0.0348. The Kier molecular flexibility index (Phi) is 6.38. The fourth-order valence-corrected chi connectivity index (χ4v) is 5.71. The van der Waals surface area contributed by atoms with E-state index in [0.717, 1.165) is 55.9 Å². The van der Waals surface area contributed by atoms with Crippen molar-refractivity contribution in [2.45, 2.75) is 20.0 Å². The number of hydrogen-bond acceptors (Lipinski definition) is 8. The molecule has 0 radical (unpaired) electrons. The Hall–Kier alpha value is -5.06. The van der Waals surface area contributed by atoms with Crippen LogP contribution < -0.4 is 5.32 Å². The van der Waals surface area contributed by atoms with Crippen LogP contribution in [0, 0.1) is 0 Å². The number of hydrogen-bond donors (Lipinski definition) is 3. The number of nitrogens with zero attached hydrogens (tertiary/aromatic N) is 5. The molecule has 0 aliphatic carbocycles. The molecule has 0 atom stereocenters.